The van der Waals surface area contributed by atoms with Gasteiger partial charge in [-0.15, -0.1) is 6.58 Å². The van der Waals surface area contributed by atoms with Crippen LogP contribution in [0.25, 0.3) is 0 Å². The van der Waals surface area contributed by atoms with Gasteiger partial charge < -0.3 is 27.5 Å². The zero-order valence-electron chi connectivity index (χ0n) is 13.4. The van der Waals surface area contributed by atoms with Crippen LogP contribution in [0.4, 0.5) is 0 Å². The van der Waals surface area contributed by atoms with Crippen LogP contribution in [-0.2, 0) is 27.5 Å². The van der Waals surface area contributed by atoms with Gasteiger partial charge in [-0.3, -0.25) is 0 Å². The van der Waals surface area contributed by atoms with Gasteiger partial charge in [-0.05, 0) is 20.8 Å². The fraction of sp³-hybridized carbons (Fsp3) is 0.846. The Hall–Kier alpha value is -0.283. The van der Waals surface area contributed by atoms with E-state index in [0.717, 1.165) is 0 Å². The molecule has 0 aromatic heterocycles. The zero-order chi connectivity index (χ0) is 15.6. The molecule has 0 aromatic carbocycles. The van der Waals surface area contributed by atoms with E-state index in [-0.39, 0.29) is 0 Å². The van der Waals surface area contributed by atoms with Crippen molar-refractivity contribution in [3.05, 3.63) is 12.7 Å². The van der Waals surface area contributed by atoms with Gasteiger partial charge in [-0.1, -0.05) is 6.08 Å². The van der Waals surface area contributed by atoms with E-state index in [4.69, 9.17) is 27.5 Å². The van der Waals surface area contributed by atoms with E-state index < -0.39 is 20.3 Å². The molecule has 0 aliphatic rings. The largest absolute Gasteiger partial charge is 0.566 e. The first-order valence-electron chi connectivity index (χ1n) is 6.75. The molecule has 0 rings (SSSR count). The minimum absolute atomic E-state index is 0.391. The van der Waals surface area contributed by atoms with Crippen LogP contribution in [0.3, 0.4) is 0 Å². The Balaban J connectivity index is 5.87. The summed E-state index contributed by atoms with van der Waals surface area (Å²) in [6.07, 6.45) is 1.05. The SMILES string of the molecule is C=CC(OCC)C(OCC)(OCC)[Si](OC)(OC)OC. The molecular weight excluding hydrogens is 280 g/mol. The first-order chi connectivity index (χ1) is 9.57. The monoisotopic (exact) mass is 308 g/mol. The number of rotatable bonds is 12. The molecule has 6 nitrogen and oxygen atoms in total. The highest BCUT2D eigenvalue weighted by atomic mass is 28.4. The lowest BCUT2D eigenvalue weighted by Gasteiger charge is -2.45. The highest BCUT2D eigenvalue weighted by Gasteiger charge is 2.67. The Morgan fingerprint density at radius 1 is 0.950 bits per heavy atom. The lowest BCUT2D eigenvalue weighted by Crippen LogP contribution is -2.71. The average Bonchev–Trinajstić information content (AvgIpc) is 2.47. The summed E-state index contributed by atoms with van der Waals surface area (Å²) in [5.41, 5.74) is -1.29. The molecule has 0 fully saturated rings. The summed E-state index contributed by atoms with van der Waals surface area (Å²) >= 11 is 0. The summed E-state index contributed by atoms with van der Waals surface area (Å²) in [5, 5.41) is 0. The highest BCUT2D eigenvalue weighted by molar-refractivity contribution is 6.63. The smallest absolute Gasteiger partial charge is 0.374 e. The summed E-state index contributed by atoms with van der Waals surface area (Å²) in [5.74, 6) is 0. The van der Waals surface area contributed by atoms with Crippen molar-refractivity contribution in [3.63, 3.8) is 0 Å². The second kappa shape index (κ2) is 9.62. The molecule has 0 heterocycles. The van der Waals surface area contributed by atoms with Crippen molar-refractivity contribution < 1.29 is 27.5 Å². The second-order valence-corrected chi connectivity index (χ2v) is 6.85. The fourth-order valence-corrected chi connectivity index (χ4v) is 4.72. The maximum absolute atomic E-state index is 5.88. The zero-order valence-corrected chi connectivity index (χ0v) is 14.4. The van der Waals surface area contributed by atoms with Crippen molar-refractivity contribution in [3.8, 4) is 0 Å². The van der Waals surface area contributed by atoms with Crippen molar-refractivity contribution in [1.82, 2.24) is 0 Å². The van der Waals surface area contributed by atoms with Crippen molar-refractivity contribution in [2.24, 2.45) is 0 Å². The molecule has 0 saturated heterocycles. The Morgan fingerprint density at radius 2 is 1.40 bits per heavy atom. The molecule has 7 heteroatoms. The predicted molar refractivity (Wildman–Crippen MR) is 78.4 cm³/mol. The van der Waals surface area contributed by atoms with Gasteiger partial charge >= 0.3 is 8.80 Å². The van der Waals surface area contributed by atoms with Crippen molar-refractivity contribution in [2.45, 2.75) is 32.3 Å². The standard InChI is InChI=1S/C13H28O6Si/c1-8-12(17-9-2)13(18-10-3,19-11-4)20(14-5,15-6)16-7/h8,12H,1,9-11H2,2-7H3. The summed E-state index contributed by atoms with van der Waals surface area (Å²) in [6, 6.07) is 0. The van der Waals surface area contributed by atoms with E-state index in [1.54, 1.807) is 6.08 Å². The molecule has 120 valence electrons. The Kier molecular flexibility index (Phi) is 9.48. The summed E-state index contributed by atoms with van der Waals surface area (Å²) < 4.78 is 34.1. The minimum Gasteiger partial charge on any atom is -0.374 e. The van der Waals surface area contributed by atoms with Crippen LogP contribution in [0.15, 0.2) is 12.7 Å². The van der Waals surface area contributed by atoms with E-state index in [9.17, 15) is 0 Å². The fourth-order valence-electron chi connectivity index (χ4n) is 2.18. The molecule has 0 bridgehead atoms. The molecule has 1 unspecified atom stereocenters. The van der Waals surface area contributed by atoms with Gasteiger partial charge in [-0.2, -0.15) is 0 Å². The normalized spacial score (nSPS) is 14.3. The van der Waals surface area contributed by atoms with Gasteiger partial charge in [0.05, 0.1) is 0 Å². The maximum atomic E-state index is 5.88. The topological polar surface area (TPSA) is 55.4 Å². The highest BCUT2D eigenvalue weighted by Crippen LogP contribution is 2.34. The van der Waals surface area contributed by atoms with E-state index in [2.05, 4.69) is 6.58 Å². The molecule has 0 aliphatic carbocycles. The molecule has 0 aromatic rings. The predicted octanol–water partition coefficient (Wildman–Crippen LogP) is 1.76. The molecule has 0 saturated carbocycles. The van der Waals surface area contributed by atoms with Gasteiger partial charge in [0, 0.05) is 41.2 Å². The van der Waals surface area contributed by atoms with Gasteiger partial charge in [0.15, 0.2) is 0 Å². The Morgan fingerprint density at radius 3 is 1.65 bits per heavy atom. The van der Waals surface area contributed by atoms with E-state index in [1.165, 1.54) is 21.3 Å². The average molecular weight is 308 g/mol. The maximum Gasteiger partial charge on any atom is 0.566 e. The number of ether oxygens (including phenoxy) is 3. The van der Waals surface area contributed by atoms with Crippen LogP contribution >= 0.6 is 0 Å². The van der Waals surface area contributed by atoms with Gasteiger partial charge in [0.25, 0.3) is 5.41 Å². The third-order valence-electron chi connectivity index (χ3n) is 2.89. The van der Waals surface area contributed by atoms with Crippen LogP contribution in [0.1, 0.15) is 20.8 Å². The molecule has 0 radical (unpaired) electrons. The van der Waals surface area contributed by atoms with Gasteiger partial charge in [0.1, 0.15) is 6.10 Å². The first kappa shape index (κ1) is 19.7. The van der Waals surface area contributed by atoms with Crippen LogP contribution in [-0.4, -0.2) is 61.5 Å². The van der Waals surface area contributed by atoms with E-state index in [0.29, 0.717) is 19.8 Å². The van der Waals surface area contributed by atoms with E-state index in [1.807, 2.05) is 20.8 Å². The van der Waals surface area contributed by atoms with Crippen LogP contribution in [0, 0.1) is 0 Å². The minimum atomic E-state index is -3.30. The molecule has 0 N–H and O–H groups in total. The van der Waals surface area contributed by atoms with Crippen LogP contribution in [0.2, 0.25) is 0 Å². The first-order valence-corrected chi connectivity index (χ1v) is 8.47. The molecule has 1 atom stereocenters. The lowest BCUT2D eigenvalue weighted by atomic mass is 10.3. The molecular formula is C13H28O6Si. The van der Waals surface area contributed by atoms with Gasteiger partial charge in [0.2, 0.25) is 0 Å². The van der Waals surface area contributed by atoms with E-state index >= 15 is 0 Å². The third-order valence-corrected chi connectivity index (χ3v) is 5.92. The van der Waals surface area contributed by atoms with Gasteiger partial charge in [-0.25, -0.2) is 0 Å². The number of hydrogen-bond acceptors (Lipinski definition) is 6. The third kappa shape index (κ3) is 3.67. The Labute approximate surface area is 123 Å². The van der Waals surface area contributed by atoms with Crippen molar-refractivity contribution in [2.75, 3.05) is 41.2 Å². The molecule has 0 amide bonds. The second-order valence-electron chi connectivity index (χ2n) is 3.81. The molecule has 0 aliphatic heterocycles. The van der Waals surface area contributed by atoms with Crippen molar-refractivity contribution >= 4 is 8.80 Å². The lowest BCUT2D eigenvalue weighted by molar-refractivity contribution is -0.258. The van der Waals surface area contributed by atoms with Crippen molar-refractivity contribution in [1.29, 1.82) is 0 Å². The summed E-state index contributed by atoms with van der Waals surface area (Å²) in [6.45, 7) is 10.7. The quantitative estimate of drug-likeness (QED) is 0.311. The summed E-state index contributed by atoms with van der Waals surface area (Å²) in [4.78, 5) is 0. The summed E-state index contributed by atoms with van der Waals surface area (Å²) in [7, 11) is 1.23. The Bertz CT molecular complexity index is 255. The van der Waals surface area contributed by atoms with Crippen LogP contribution in [0.5, 0.6) is 0 Å². The molecule has 0 spiro atoms. The number of hydrogen-bond donors (Lipinski definition) is 0. The molecule has 20 heavy (non-hydrogen) atoms. The van der Waals surface area contributed by atoms with Crippen LogP contribution < -0.4 is 0 Å².